The van der Waals surface area contributed by atoms with Crippen molar-refractivity contribution in [3.8, 4) is 45.1 Å². The number of aromatic hydroxyl groups is 2. The lowest BCUT2D eigenvalue weighted by Crippen LogP contribution is -1.95. The van der Waals surface area contributed by atoms with E-state index in [1.165, 1.54) is 0 Å². The molecule has 0 bridgehead atoms. The maximum Gasteiger partial charge on any atom is 0.125 e. The Balaban J connectivity index is 1.84. The zero-order chi connectivity index (χ0) is 18.4. The summed E-state index contributed by atoms with van der Waals surface area (Å²) in [5.41, 5.74) is 7.23. The lowest BCUT2D eigenvalue weighted by molar-refractivity contribution is 0.476. The average Bonchev–Trinajstić information content (AvgIpc) is 3.08. The highest BCUT2D eigenvalue weighted by Gasteiger charge is 2.27. The predicted molar refractivity (Wildman–Crippen MR) is 107 cm³/mol. The molecule has 0 aliphatic heterocycles. The molecule has 3 heteroatoms. The molecule has 0 atom stereocenters. The van der Waals surface area contributed by atoms with Crippen LogP contribution >= 0.6 is 0 Å². The Labute approximate surface area is 157 Å². The van der Waals surface area contributed by atoms with Gasteiger partial charge < -0.3 is 10.2 Å². The zero-order valence-corrected chi connectivity index (χ0v) is 14.6. The fourth-order valence-electron chi connectivity index (χ4n) is 3.85. The summed E-state index contributed by atoms with van der Waals surface area (Å²) < 4.78 is 0. The molecule has 3 nitrogen and oxygen atoms in total. The molecule has 0 unspecified atom stereocenters. The van der Waals surface area contributed by atoms with Crippen LogP contribution in [0.25, 0.3) is 33.6 Å². The van der Waals surface area contributed by atoms with Crippen molar-refractivity contribution in [3.05, 3.63) is 90.0 Å². The summed E-state index contributed by atoms with van der Waals surface area (Å²) in [5, 5.41) is 20.9. The van der Waals surface area contributed by atoms with Crippen LogP contribution in [0.1, 0.15) is 11.1 Å². The smallest absolute Gasteiger partial charge is 0.125 e. The summed E-state index contributed by atoms with van der Waals surface area (Å²) in [6, 6.07) is 24.9. The van der Waals surface area contributed by atoms with Gasteiger partial charge in [-0.15, -0.1) is 0 Å². The number of rotatable bonds is 2. The minimum Gasteiger partial charge on any atom is -0.507 e. The molecule has 2 N–H and O–H groups in total. The molecule has 1 aromatic heterocycles. The lowest BCUT2D eigenvalue weighted by Gasteiger charge is -2.13. The first-order valence-electron chi connectivity index (χ1n) is 8.91. The van der Waals surface area contributed by atoms with Crippen molar-refractivity contribution >= 4 is 0 Å². The molecule has 0 amide bonds. The predicted octanol–water partition coefficient (Wildman–Crippen LogP) is 5.40. The van der Waals surface area contributed by atoms with E-state index in [-0.39, 0.29) is 11.5 Å². The van der Waals surface area contributed by atoms with Gasteiger partial charge >= 0.3 is 0 Å². The molecule has 27 heavy (non-hydrogen) atoms. The molecular weight excluding hydrogens is 334 g/mol. The highest BCUT2D eigenvalue weighted by Crippen LogP contribution is 2.47. The lowest BCUT2D eigenvalue weighted by atomic mass is 9.95. The maximum atomic E-state index is 10.5. The van der Waals surface area contributed by atoms with E-state index in [4.69, 9.17) is 4.98 Å². The number of aromatic nitrogens is 1. The van der Waals surface area contributed by atoms with Crippen LogP contribution in [0.5, 0.6) is 11.5 Å². The third-order valence-corrected chi connectivity index (χ3v) is 5.12. The van der Waals surface area contributed by atoms with Crippen LogP contribution in [0.2, 0.25) is 0 Å². The summed E-state index contributed by atoms with van der Waals surface area (Å²) >= 11 is 0. The second kappa shape index (κ2) is 5.99. The molecule has 130 valence electrons. The quantitative estimate of drug-likeness (QED) is 0.448. The van der Waals surface area contributed by atoms with Gasteiger partial charge in [0, 0.05) is 23.1 Å². The number of pyridine rings is 1. The highest BCUT2D eigenvalue weighted by atomic mass is 16.3. The van der Waals surface area contributed by atoms with Crippen molar-refractivity contribution < 1.29 is 10.2 Å². The third kappa shape index (κ3) is 2.48. The second-order valence-electron chi connectivity index (χ2n) is 6.75. The third-order valence-electron chi connectivity index (χ3n) is 5.12. The van der Waals surface area contributed by atoms with Gasteiger partial charge in [-0.3, -0.25) is 0 Å². The van der Waals surface area contributed by atoms with Crippen LogP contribution in [0.3, 0.4) is 0 Å². The van der Waals surface area contributed by atoms with Gasteiger partial charge in [-0.05, 0) is 34.9 Å². The Bertz CT molecular complexity index is 1170. The number of hydrogen-bond donors (Lipinski definition) is 2. The first-order chi connectivity index (χ1) is 13.2. The normalized spacial score (nSPS) is 11.9. The fourth-order valence-corrected chi connectivity index (χ4v) is 3.85. The minimum atomic E-state index is 0.241. The van der Waals surface area contributed by atoms with Crippen molar-refractivity contribution in [1.82, 2.24) is 4.98 Å². The molecule has 0 saturated heterocycles. The fraction of sp³-hybridized carbons (Fsp3) is 0.0417. The topological polar surface area (TPSA) is 53.4 Å². The van der Waals surface area contributed by atoms with Gasteiger partial charge in [-0.2, -0.15) is 0 Å². The number of phenolic OH excluding ortho intramolecular Hbond substituents is 2. The summed E-state index contributed by atoms with van der Waals surface area (Å²) in [6.07, 6.45) is 0.685. The van der Waals surface area contributed by atoms with E-state index in [0.29, 0.717) is 6.42 Å². The van der Waals surface area contributed by atoms with Gasteiger partial charge in [-0.1, -0.05) is 60.7 Å². The molecule has 1 heterocycles. The number of para-hydroxylation sites is 1. The Morgan fingerprint density at radius 3 is 2.26 bits per heavy atom. The van der Waals surface area contributed by atoms with Crippen molar-refractivity contribution in [3.63, 3.8) is 0 Å². The number of phenols is 2. The van der Waals surface area contributed by atoms with Crippen LogP contribution in [-0.2, 0) is 6.42 Å². The summed E-state index contributed by atoms with van der Waals surface area (Å²) in [6.45, 7) is 0. The molecule has 0 radical (unpaired) electrons. The Morgan fingerprint density at radius 1 is 0.704 bits per heavy atom. The van der Waals surface area contributed by atoms with E-state index >= 15 is 0 Å². The van der Waals surface area contributed by atoms with Crippen LogP contribution in [0.4, 0.5) is 0 Å². The van der Waals surface area contributed by atoms with Crippen molar-refractivity contribution in [1.29, 1.82) is 0 Å². The van der Waals surface area contributed by atoms with Crippen molar-refractivity contribution in [2.45, 2.75) is 6.42 Å². The van der Waals surface area contributed by atoms with Gasteiger partial charge in [0.2, 0.25) is 0 Å². The zero-order valence-electron chi connectivity index (χ0n) is 14.6. The highest BCUT2D eigenvalue weighted by molar-refractivity contribution is 5.89. The monoisotopic (exact) mass is 351 g/mol. The van der Waals surface area contributed by atoms with E-state index in [9.17, 15) is 10.2 Å². The molecule has 3 aromatic carbocycles. The van der Waals surface area contributed by atoms with E-state index in [0.717, 1.165) is 44.8 Å². The van der Waals surface area contributed by atoms with E-state index in [1.54, 1.807) is 12.1 Å². The van der Waals surface area contributed by atoms with Gasteiger partial charge in [-0.25, -0.2) is 4.98 Å². The largest absolute Gasteiger partial charge is 0.507 e. The van der Waals surface area contributed by atoms with Gasteiger partial charge in [0.25, 0.3) is 0 Å². The molecule has 1 aliphatic rings. The number of hydrogen-bond acceptors (Lipinski definition) is 3. The van der Waals surface area contributed by atoms with Crippen molar-refractivity contribution in [2.75, 3.05) is 0 Å². The van der Waals surface area contributed by atoms with Crippen LogP contribution in [-0.4, -0.2) is 15.2 Å². The standard InChI is InChI=1S/C24H17NO2/c26-21-11-5-4-10-17(21)18-14-20(15-7-2-1-3-8-15)25-24-19(18)13-16-9-6-12-22(27)23(16)24/h1-12,14,26-27H,13H2. The number of nitrogens with zero attached hydrogens (tertiary/aromatic N) is 1. The molecule has 4 aromatic rings. The van der Waals surface area contributed by atoms with Crippen LogP contribution < -0.4 is 0 Å². The number of benzene rings is 3. The Hall–Kier alpha value is -3.59. The van der Waals surface area contributed by atoms with Gasteiger partial charge in [0.15, 0.2) is 0 Å². The first-order valence-corrected chi connectivity index (χ1v) is 8.91. The van der Waals surface area contributed by atoms with Crippen LogP contribution in [0.15, 0.2) is 78.9 Å². The molecule has 0 fully saturated rings. The maximum absolute atomic E-state index is 10.5. The molecule has 0 saturated carbocycles. The van der Waals surface area contributed by atoms with Crippen LogP contribution in [0, 0.1) is 0 Å². The van der Waals surface area contributed by atoms with Gasteiger partial charge in [0.1, 0.15) is 11.5 Å². The van der Waals surface area contributed by atoms with Gasteiger partial charge in [0.05, 0.1) is 11.4 Å². The summed E-state index contributed by atoms with van der Waals surface area (Å²) in [5.74, 6) is 0.484. The molecule has 1 aliphatic carbocycles. The van der Waals surface area contributed by atoms with E-state index < -0.39 is 0 Å². The molecule has 0 spiro atoms. The first kappa shape index (κ1) is 15.6. The van der Waals surface area contributed by atoms with Crippen molar-refractivity contribution in [2.24, 2.45) is 0 Å². The molecule has 5 rings (SSSR count). The Morgan fingerprint density at radius 2 is 1.44 bits per heavy atom. The average molecular weight is 351 g/mol. The van der Waals surface area contributed by atoms with E-state index in [2.05, 4.69) is 0 Å². The molecular formula is C24H17NO2. The minimum absolute atomic E-state index is 0.241. The second-order valence-corrected chi connectivity index (χ2v) is 6.75. The Kier molecular flexibility index (Phi) is 3.47. The SMILES string of the molecule is Oc1ccccc1-c1cc(-c2ccccc2)nc2c1Cc1cccc(O)c1-2. The van der Waals surface area contributed by atoms with E-state index in [1.807, 2.05) is 66.7 Å². The summed E-state index contributed by atoms with van der Waals surface area (Å²) in [7, 11) is 0. The number of fused-ring (bicyclic) bond motifs is 3. The summed E-state index contributed by atoms with van der Waals surface area (Å²) in [4.78, 5) is 4.90.